The average Bonchev–Trinajstić information content (AvgIpc) is 3.13. The Morgan fingerprint density at radius 3 is 2.36 bits per heavy atom. The Labute approximate surface area is 171 Å². The lowest BCUT2D eigenvalue weighted by atomic mass is 10.1. The Morgan fingerprint density at radius 2 is 1.68 bits per heavy atom. The van der Waals surface area contributed by atoms with Crippen molar-refractivity contribution < 1.29 is 13.6 Å². The van der Waals surface area contributed by atoms with Crippen molar-refractivity contribution in [2.45, 2.75) is 49.1 Å². The normalized spacial score (nSPS) is 19.6. The van der Waals surface area contributed by atoms with Crippen molar-refractivity contribution in [3.8, 4) is 0 Å². The summed E-state index contributed by atoms with van der Waals surface area (Å²) in [5.41, 5.74) is 3.69. The lowest BCUT2D eigenvalue weighted by molar-refractivity contribution is 0.389. The summed E-state index contributed by atoms with van der Waals surface area (Å²) in [6, 6.07) is 13.9. The van der Waals surface area contributed by atoms with E-state index in [2.05, 4.69) is 10.0 Å². The highest BCUT2D eigenvalue weighted by atomic mass is 35.5. The van der Waals surface area contributed by atoms with Gasteiger partial charge in [-0.05, 0) is 74.2 Å². The van der Waals surface area contributed by atoms with Crippen LogP contribution in [0.15, 0.2) is 53.4 Å². The summed E-state index contributed by atoms with van der Waals surface area (Å²) < 4.78 is 28.1. The molecule has 0 aromatic heterocycles. The molecular formula is C20H26ClN3O3S. The summed E-state index contributed by atoms with van der Waals surface area (Å²) in [4.78, 5) is 0.194. The van der Waals surface area contributed by atoms with Crippen LogP contribution in [0.5, 0.6) is 0 Å². The van der Waals surface area contributed by atoms with Gasteiger partial charge in [-0.1, -0.05) is 30.2 Å². The van der Waals surface area contributed by atoms with Crippen LogP contribution >= 0.6 is 11.6 Å². The fourth-order valence-corrected chi connectivity index (χ4v) is 4.99. The molecule has 0 saturated heterocycles. The molecule has 2 aromatic rings. The lowest BCUT2D eigenvalue weighted by Crippen LogP contribution is -2.46. The maximum absolute atomic E-state index is 12.6. The maximum Gasteiger partial charge on any atom is 0.240 e. The Hall–Kier alpha value is -1.64. The molecule has 4 N–H and O–H groups in total. The van der Waals surface area contributed by atoms with Crippen molar-refractivity contribution in [2.75, 3.05) is 12.0 Å². The third-order valence-electron chi connectivity index (χ3n) is 5.08. The van der Waals surface area contributed by atoms with E-state index in [9.17, 15) is 8.42 Å². The van der Waals surface area contributed by atoms with E-state index in [1.165, 1.54) is 29.8 Å². The zero-order valence-electron chi connectivity index (χ0n) is 15.6. The predicted octanol–water partition coefficient (Wildman–Crippen LogP) is 3.56. The van der Waals surface area contributed by atoms with Gasteiger partial charge in [0.15, 0.2) is 0 Å². The van der Waals surface area contributed by atoms with Gasteiger partial charge in [0.05, 0.1) is 10.6 Å². The van der Waals surface area contributed by atoms with E-state index in [-0.39, 0.29) is 17.0 Å². The molecule has 28 heavy (non-hydrogen) atoms. The smallest absolute Gasteiger partial charge is 0.240 e. The Balaban J connectivity index is 1.50. The van der Waals surface area contributed by atoms with Gasteiger partial charge < -0.3 is 5.32 Å². The number of halogens is 1. The summed E-state index contributed by atoms with van der Waals surface area (Å²) >= 11 is 5.90. The van der Waals surface area contributed by atoms with E-state index in [4.69, 9.17) is 16.8 Å². The number of anilines is 1. The first-order chi connectivity index (χ1) is 13.5. The van der Waals surface area contributed by atoms with Crippen molar-refractivity contribution in [2.24, 2.45) is 0 Å². The van der Waals surface area contributed by atoms with E-state index < -0.39 is 10.0 Å². The second kappa shape index (κ2) is 9.71. The highest BCUT2D eigenvalue weighted by molar-refractivity contribution is 7.89. The molecule has 1 aliphatic carbocycles. The van der Waals surface area contributed by atoms with E-state index in [1.54, 1.807) is 0 Å². The molecule has 2 aromatic carbocycles. The molecule has 0 heterocycles. The molecule has 0 aliphatic heterocycles. The highest BCUT2D eigenvalue weighted by Crippen LogP contribution is 2.22. The first kappa shape index (κ1) is 21.1. The fraction of sp³-hybridized carbons (Fsp3) is 0.400. The molecule has 8 heteroatoms. The summed E-state index contributed by atoms with van der Waals surface area (Å²) in [6.07, 6.45) is 4.72. The van der Waals surface area contributed by atoms with Gasteiger partial charge in [-0.2, -0.15) is 0 Å². The minimum atomic E-state index is -3.59. The largest absolute Gasteiger partial charge is 0.312 e. The molecule has 0 unspecified atom stereocenters. The van der Waals surface area contributed by atoms with Crippen molar-refractivity contribution in [1.29, 1.82) is 0 Å². The molecule has 0 spiro atoms. The van der Waals surface area contributed by atoms with Gasteiger partial charge >= 0.3 is 0 Å². The molecule has 152 valence electrons. The second-order valence-corrected chi connectivity index (χ2v) is 9.24. The van der Waals surface area contributed by atoms with Gasteiger partial charge in [0.1, 0.15) is 0 Å². The lowest BCUT2D eigenvalue weighted by Gasteiger charge is -2.22. The zero-order chi connectivity index (χ0) is 20.0. The Bertz CT molecular complexity index is 857. The minimum absolute atomic E-state index is 0.115. The van der Waals surface area contributed by atoms with Gasteiger partial charge in [0.2, 0.25) is 10.0 Å². The highest BCUT2D eigenvalue weighted by Gasteiger charge is 2.30. The summed E-state index contributed by atoms with van der Waals surface area (Å²) in [5.74, 6) is 0. The van der Waals surface area contributed by atoms with Crippen LogP contribution in [0.4, 0.5) is 5.69 Å². The quantitative estimate of drug-likeness (QED) is 0.365. The van der Waals surface area contributed by atoms with Crippen LogP contribution in [0.2, 0.25) is 5.02 Å². The van der Waals surface area contributed by atoms with Crippen LogP contribution < -0.4 is 15.5 Å². The Kier molecular flexibility index (Phi) is 7.31. The molecule has 6 nitrogen and oxygen atoms in total. The predicted molar refractivity (Wildman–Crippen MR) is 111 cm³/mol. The molecule has 0 amide bonds. The number of benzene rings is 2. The number of aryl methyl sites for hydroxylation is 1. The SMILES string of the molecule is O=S(=O)(N[C@@H]1CCC[C@H]1NCCCc1ccc(Cl)cc1)c1ccc(NO)cc1. The number of sulfonamides is 1. The minimum Gasteiger partial charge on any atom is -0.312 e. The average molecular weight is 424 g/mol. The van der Waals surface area contributed by atoms with Gasteiger partial charge in [0, 0.05) is 17.1 Å². The molecule has 0 bridgehead atoms. The third kappa shape index (κ3) is 5.68. The number of rotatable bonds is 9. The van der Waals surface area contributed by atoms with Crippen molar-refractivity contribution in [1.82, 2.24) is 10.0 Å². The van der Waals surface area contributed by atoms with Crippen LogP contribution in [0, 0.1) is 0 Å². The van der Waals surface area contributed by atoms with Crippen LogP contribution in [0.25, 0.3) is 0 Å². The van der Waals surface area contributed by atoms with Gasteiger partial charge in [-0.3, -0.25) is 10.7 Å². The van der Waals surface area contributed by atoms with Gasteiger partial charge in [-0.25, -0.2) is 13.1 Å². The molecule has 2 atom stereocenters. The molecule has 1 aliphatic rings. The molecule has 3 rings (SSSR count). The molecule has 1 saturated carbocycles. The first-order valence-electron chi connectivity index (χ1n) is 9.48. The second-order valence-electron chi connectivity index (χ2n) is 7.09. The topological polar surface area (TPSA) is 90.5 Å². The number of hydrogen-bond acceptors (Lipinski definition) is 5. The molecular weight excluding hydrogens is 398 g/mol. The monoisotopic (exact) mass is 423 g/mol. The third-order valence-corrected chi connectivity index (χ3v) is 6.84. The van der Waals surface area contributed by atoms with E-state index in [1.807, 2.05) is 29.7 Å². The van der Waals surface area contributed by atoms with Crippen molar-refractivity contribution in [3.63, 3.8) is 0 Å². The van der Waals surface area contributed by atoms with Gasteiger partial charge in [0.25, 0.3) is 0 Å². The van der Waals surface area contributed by atoms with Crippen LogP contribution in [0.1, 0.15) is 31.2 Å². The van der Waals surface area contributed by atoms with E-state index in [0.717, 1.165) is 43.7 Å². The summed E-state index contributed by atoms with van der Waals surface area (Å²) in [7, 11) is -3.59. The number of nitrogens with one attached hydrogen (secondary N) is 3. The summed E-state index contributed by atoms with van der Waals surface area (Å²) in [5, 5.41) is 13.1. The fourth-order valence-electron chi connectivity index (χ4n) is 3.55. The first-order valence-corrected chi connectivity index (χ1v) is 11.3. The van der Waals surface area contributed by atoms with E-state index in [0.29, 0.717) is 5.69 Å². The molecule has 0 radical (unpaired) electrons. The van der Waals surface area contributed by atoms with Crippen LogP contribution in [-0.4, -0.2) is 32.3 Å². The van der Waals surface area contributed by atoms with Crippen LogP contribution in [0.3, 0.4) is 0 Å². The maximum atomic E-state index is 12.6. The summed E-state index contributed by atoms with van der Waals surface area (Å²) in [6.45, 7) is 0.836. The zero-order valence-corrected chi connectivity index (χ0v) is 17.1. The van der Waals surface area contributed by atoms with Crippen molar-refractivity contribution in [3.05, 3.63) is 59.1 Å². The van der Waals surface area contributed by atoms with Gasteiger partial charge in [-0.15, -0.1) is 0 Å². The molecule has 1 fully saturated rings. The number of hydrogen-bond donors (Lipinski definition) is 4. The van der Waals surface area contributed by atoms with E-state index >= 15 is 0 Å². The van der Waals surface area contributed by atoms with Crippen molar-refractivity contribution >= 4 is 27.3 Å². The Morgan fingerprint density at radius 1 is 1.00 bits per heavy atom. The standard InChI is InChI=1S/C20H26ClN3O3S/c21-16-8-6-15(7-9-16)3-2-14-22-19-4-1-5-20(19)24-28(26,27)18-12-10-17(23-25)11-13-18/h6-13,19-20,22-25H,1-5,14H2/t19-,20-/m1/s1. The van der Waals surface area contributed by atoms with Crippen LogP contribution in [-0.2, 0) is 16.4 Å².